The molecule has 1 N–H and O–H groups in total. The van der Waals surface area contributed by atoms with E-state index >= 15 is 0 Å². The summed E-state index contributed by atoms with van der Waals surface area (Å²) >= 11 is 1.34. The molecule has 0 unspecified atom stereocenters. The minimum absolute atomic E-state index is 0.0905. The summed E-state index contributed by atoms with van der Waals surface area (Å²) in [4.78, 5) is 31.9. The van der Waals surface area contributed by atoms with Crippen LogP contribution in [0.25, 0.3) is 0 Å². The van der Waals surface area contributed by atoms with Crippen molar-refractivity contribution in [1.82, 2.24) is 4.90 Å². The first kappa shape index (κ1) is 22.1. The molecule has 1 saturated heterocycles. The van der Waals surface area contributed by atoms with E-state index in [0.29, 0.717) is 18.3 Å². The predicted molar refractivity (Wildman–Crippen MR) is 122 cm³/mol. The van der Waals surface area contributed by atoms with Crippen LogP contribution < -0.4 is 5.32 Å². The van der Waals surface area contributed by atoms with Gasteiger partial charge in [-0.3, -0.25) is 14.5 Å². The summed E-state index contributed by atoms with van der Waals surface area (Å²) in [7, 11) is 1.60. The average molecular weight is 426 g/mol. The van der Waals surface area contributed by atoms with Crippen molar-refractivity contribution in [2.75, 3.05) is 25.6 Å². The Balaban J connectivity index is 1.77. The molecule has 2 amide bonds. The first-order valence-electron chi connectivity index (χ1n) is 9.87. The van der Waals surface area contributed by atoms with Crippen LogP contribution in [0.15, 0.2) is 47.5 Å². The number of benzene rings is 2. The second-order valence-electron chi connectivity index (χ2n) is 7.34. The number of carbonyl (C=O) groups is 2. The molecule has 1 fully saturated rings. The maximum absolute atomic E-state index is 13.0. The van der Waals surface area contributed by atoms with Gasteiger partial charge in [0.2, 0.25) is 11.8 Å². The summed E-state index contributed by atoms with van der Waals surface area (Å²) < 4.78 is 5.16. The number of amides is 2. The summed E-state index contributed by atoms with van der Waals surface area (Å²) in [5.41, 5.74) is 4.77. The van der Waals surface area contributed by atoms with Gasteiger partial charge in [0.25, 0.3) is 0 Å². The van der Waals surface area contributed by atoms with Gasteiger partial charge < -0.3 is 10.1 Å². The zero-order valence-electron chi connectivity index (χ0n) is 17.8. The van der Waals surface area contributed by atoms with Gasteiger partial charge in [-0.05, 0) is 44.0 Å². The molecule has 158 valence electrons. The van der Waals surface area contributed by atoms with E-state index in [1.807, 2.05) is 57.2 Å². The first-order valence-corrected chi connectivity index (χ1v) is 10.8. The minimum Gasteiger partial charge on any atom is -0.383 e. The van der Waals surface area contributed by atoms with Gasteiger partial charge in [0.05, 0.1) is 18.8 Å². The Morgan fingerprint density at radius 2 is 1.93 bits per heavy atom. The fourth-order valence-electron chi connectivity index (χ4n) is 3.23. The van der Waals surface area contributed by atoms with E-state index in [1.54, 1.807) is 12.0 Å². The van der Waals surface area contributed by atoms with Crippen molar-refractivity contribution in [3.63, 3.8) is 0 Å². The largest absolute Gasteiger partial charge is 0.383 e. The third-order valence-corrected chi connectivity index (χ3v) is 6.07. The molecule has 30 heavy (non-hydrogen) atoms. The number of anilines is 1. The number of hydrogen-bond donors (Lipinski definition) is 1. The molecule has 1 heterocycles. The highest BCUT2D eigenvalue weighted by Crippen LogP contribution is 2.33. The number of ether oxygens (including phenoxy) is 1. The summed E-state index contributed by atoms with van der Waals surface area (Å²) in [6.07, 6.45) is 0.0905. The summed E-state index contributed by atoms with van der Waals surface area (Å²) in [5, 5.41) is 3.01. The molecular weight excluding hydrogens is 398 g/mol. The lowest BCUT2D eigenvalue weighted by Crippen LogP contribution is -2.35. The molecule has 0 aliphatic carbocycles. The van der Waals surface area contributed by atoms with E-state index < -0.39 is 5.25 Å². The van der Waals surface area contributed by atoms with Crippen molar-refractivity contribution in [2.24, 2.45) is 4.99 Å². The van der Waals surface area contributed by atoms with Crippen LogP contribution in [0.4, 0.5) is 11.4 Å². The van der Waals surface area contributed by atoms with Gasteiger partial charge in [0.15, 0.2) is 5.17 Å². The number of aliphatic imine (C=N–C) groups is 1. The van der Waals surface area contributed by atoms with Gasteiger partial charge in [-0.15, -0.1) is 0 Å². The predicted octanol–water partition coefficient (Wildman–Crippen LogP) is 4.22. The molecule has 6 nitrogen and oxygen atoms in total. The van der Waals surface area contributed by atoms with Crippen LogP contribution in [-0.2, 0) is 14.3 Å². The smallest absolute Gasteiger partial charge is 0.242 e. The second-order valence-corrected chi connectivity index (χ2v) is 8.51. The van der Waals surface area contributed by atoms with Crippen LogP contribution >= 0.6 is 11.8 Å². The van der Waals surface area contributed by atoms with Gasteiger partial charge in [-0.1, -0.05) is 47.7 Å². The van der Waals surface area contributed by atoms with Crippen molar-refractivity contribution in [2.45, 2.75) is 32.4 Å². The highest BCUT2D eigenvalue weighted by atomic mass is 32.2. The van der Waals surface area contributed by atoms with Crippen molar-refractivity contribution < 1.29 is 14.3 Å². The van der Waals surface area contributed by atoms with E-state index in [2.05, 4.69) is 11.4 Å². The molecule has 2 aromatic carbocycles. The van der Waals surface area contributed by atoms with Gasteiger partial charge >= 0.3 is 0 Å². The number of nitrogens with one attached hydrogen (secondary N) is 1. The topological polar surface area (TPSA) is 71.0 Å². The van der Waals surface area contributed by atoms with Crippen molar-refractivity contribution >= 4 is 40.1 Å². The second kappa shape index (κ2) is 9.91. The van der Waals surface area contributed by atoms with Crippen molar-refractivity contribution in [3.8, 4) is 0 Å². The molecule has 1 aliphatic rings. The Morgan fingerprint density at radius 1 is 1.17 bits per heavy atom. The monoisotopic (exact) mass is 425 g/mol. The highest BCUT2D eigenvalue weighted by Gasteiger charge is 2.39. The molecule has 0 radical (unpaired) electrons. The third kappa shape index (κ3) is 5.29. The number of methoxy groups -OCH3 is 1. The van der Waals surface area contributed by atoms with E-state index in [1.165, 1.54) is 11.8 Å². The minimum atomic E-state index is -0.504. The number of carbonyl (C=O) groups excluding carboxylic acids is 2. The highest BCUT2D eigenvalue weighted by molar-refractivity contribution is 8.15. The summed E-state index contributed by atoms with van der Waals surface area (Å²) in [5.74, 6) is -0.296. The Labute approximate surface area is 181 Å². The Bertz CT molecular complexity index is 974. The van der Waals surface area contributed by atoms with Crippen LogP contribution in [-0.4, -0.2) is 47.4 Å². The zero-order chi connectivity index (χ0) is 21.7. The fraction of sp³-hybridized carbons (Fsp3) is 0.348. The Morgan fingerprint density at radius 3 is 2.63 bits per heavy atom. The maximum atomic E-state index is 13.0. The van der Waals surface area contributed by atoms with Crippen LogP contribution in [0.3, 0.4) is 0 Å². The number of para-hydroxylation sites is 1. The van der Waals surface area contributed by atoms with Crippen LogP contribution in [0.2, 0.25) is 0 Å². The molecule has 3 rings (SSSR count). The number of aryl methyl sites for hydroxylation is 3. The SMILES string of the molecule is COCCN1C(=O)[C@@H](CC(=O)Nc2ccccc2C)SC1=Nc1ccc(C)cc1C. The zero-order valence-corrected chi connectivity index (χ0v) is 18.6. The fourth-order valence-corrected chi connectivity index (χ4v) is 4.41. The quantitative estimate of drug-likeness (QED) is 0.721. The molecule has 1 atom stereocenters. The van der Waals surface area contributed by atoms with E-state index in [-0.39, 0.29) is 18.2 Å². The standard InChI is InChI=1S/C23H27N3O3S/c1-15-9-10-19(17(3)13-15)25-23-26(11-12-29-4)22(28)20(30-23)14-21(27)24-18-8-6-5-7-16(18)2/h5-10,13,20H,11-12,14H2,1-4H3,(H,24,27)/t20-/m1/s1. The van der Waals surface area contributed by atoms with Gasteiger partial charge in [-0.25, -0.2) is 4.99 Å². The van der Waals surface area contributed by atoms with Crippen molar-refractivity contribution in [1.29, 1.82) is 0 Å². The van der Waals surface area contributed by atoms with Gasteiger partial charge in [0.1, 0.15) is 5.25 Å². The van der Waals surface area contributed by atoms with Gasteiger partial charge in [0, 0.05) is 19.2 Å². The lowest BCUT2D eigenvalue weighted by molar-refractivity contribution is -0.128. The summed E-state index contributed by atoms with van der Waals surface area (Å²) in [6.45, 7) is 6.78. The summed E-state index contributed by atoms with van der Waals surface area (Å²) in [6, 6.07) is 13.6. The van der Waals surface area contributed by atoms with Crippen LogP contribution in [0.1, 0.15) is 23.1 Å². The Hall–Kier alpha value is -2.64. The average Bonchev–Trinajstić information content (AvgIpc) is 2.98. The molecule has 1 aliphatic heterocycles. The molecule has 0 aromatic heterocycles. The third-order valence-electron chi connectivity index (χ3n) is 4.90. The number of nitrogens with zero attached hydrogens (tertiary/aromatic N) is 2. The lowest BCUT2D eigenvalue weighted by atomic mass is 10.1. The van der Waals surface area contributed by atoms with Crippen LogP contribution in [0.5, 0.6) is 0 Å². The molecule has 7 heteroatoms. The van der Waals surface area contributed by atoms with Crippen molar-refractivity contribution in [3.05, 3.63) is 59.2 Å². The van der Waals surface area contributed by atoms with Crippen LogP contribution in [0, 0.1) is 20.8 Å². The molecule has 0 bridgehead atoms. The number of hydrogen-bond acceptors (Lipinski definition) is 5. The van der Waals surface area contributed by atoms with Gasteiger partial charge in [-0.2, -0.15) is 0 Å². The molecule has 2 aromatic rings. The Kier molecular flexibility index (Phi) is 7.29. The number of rotatable bonds is 7. The number of thioether (sulfide) groups is 1. The van der Waals surface area contributed by atoms with E-state index in [0.717, 1.165) is 28.1 Å². The van der Waals surface area contributed by atoms with E-state index in [9.17, 15) is 9.59 Å². The molecular formula is C23H27N3O3S. The van der Waals surface area contributed by atoms with E-state index in [4.69, 9.17) is 9.73 Å². The number of amidine groups is 1. The molecule has 0 saturated carbocycles. The maximum Gasteiger partial charge on any atom is 0.242 e. The normalized spacial score (nSPS) is 17.6. The lowest BCUT2D eigenvalue weighted by Gasteiger charge is -2.16. The molecule has 0 spiro atoms. The first-order chi connectivity index (χ1) is 14.4.